The minimum Gasteiger partial charge on any atom is -0.355 e. The number of hydrogen-bond donors (Lipinski definition) is 1. The monoisotopic (exact) mass is 279 g/mol. The molecule has 1 N–H and O–H groups in total. The lowest BCUT2D eigenvalue weighted by atomic mass is 10.1. The van der Waals surface area contributed by atoms with Crippen LogP contribution in [0.4, 0.5) is 17.6 Å². The number of nitrogens with one attached hydrogen (secondary N) is 1. The number of halogens is 4. The summed E-state index contributed by atoms with van der Waals surface area (Å²) in [6.07, 6.45) is -4.35. The second-order valence-electron chi connectivity index (χ2n) is 4.49. The standard InChI is InChI=1S/C15H9F4N/c16-12-5-6-13-10(7-12)8-14(20-13)9-1-3-11(4-2-9)15(17,18)19/h1-8,20H. The van der Waals surface area contributed by atoms with Crippen LogP contribution in [0.3, 0.4) is 0 Å². The smallest absolute Gasteiger partial charge is 0.355 e. The number of hydrogen-bond acceptors (Lipinski definition) is 0. The first-order valence-electron chi connectivity index (χ1n) is 5.89. The Balaban J connectivity index is 2.02. The topological polar surface area (TPSA) is 15.8 Å². The zero-order valence-electron chi connectivity index (χ0n) is 10.1. The fraction of sp³-hybridized carbons (Fsp3) is 0.0667. The van der Waals surface area contributed by atoms with E-state index in [-0.39, 0.29) is 5.82 Å². The second-order valence-corrected chi connectivity index (χ2v) is 4.49. The van der Waals surface area contributed by atoms with Crippen LogP contribution < -0.4 is 0 Å². The van der Waals surface area contributed by atoms with Gasteiger partial charge in [-0.15, -0.1) is 0 Å². The number of aromatic amines is 1. The summed E-state index contributed by atoms with van der Waals surface area (Å²) in [7, 11) is 0. The number of fused-ring (bicyclic) bond motifs is 1. The molecule has 0 radical (unpaired) electrons. The Morgan fingerprint density at radius 1 is 0.850 bits per heavy atom. The van der Waals surface area contributed by atoms with Gasteiger partial charge in [-0.3, -0.25) is 0 Å². The van der Waals surface area contributed by atoms with Crippen LogP contribution in [0, 0.1) is 5.82 Å². The van der Waals surface area contributed by atoms with E-state index in [1.807, 2.05) is 0 Å². The summed E-state index contributed by atoms with van der Waals surface area (Å²) >= 11 is 0. The van der Waals surface area contributed by atoms with Gasteiger partial charge in [0.25, 0.3) is 0 Å². The molecule has 0 spiro atoms. The molecule has 0 amide bonds. The zero-order valence-corrected chi connectivity index (χ0v) is 10.1. The predicted molar refractivity (Wildman–Crippen MR) is 68.7 cm³/mol. The maximum absolute atomic E-state index is 13.1. The van der Waals surface area contributed by atoms with Crippen LogP contribution in [0.2, 0.25) is 0 Å². The van der Waals surface area contributed by atoms with Gasteiger partial charge < -0.3 is 4.98 Å². The third-order valence-electron chi connectivity index (χ3n) is 3.11. The predicted octanol–water partition coefficient (Wildman–Crippen LogP) is 4.99. The SMILES string of the molecule is Fc1ccc2[nH]c(-c3ccc(C(F)(F)F)cc3)cc2c1. The van der Waals surface area contributed by atoms with E-state index >= 15 is 0 Å². The summed E-state index contributed by atoms with van der Waals surface area (Å²) in [5.74, 6) is -0.351. The van der Waals surface area contributed by atoms with Crippen molar-refractivity contribution in [3.05, 3.63) is 59.9 Å². The molecule has 2 aromatic carbocycles. The fourth-order valence-corrected chi connectivity index (χ4v) is 2.10. The van der Waals surface area contributed by atoms with Crippen molar-refractivity contribution in [2.45, 2.75) is 6.18 Å². The van der Waals surface area contributed by atoms with E-state index in [1.54, 1.807) is 12.1 Å². The van der Waals surface area contributed by atoms with Crippen LogP contribution in [0.5, 0.6) is 0 Å². The van der Waals surface area contributed by atoms with E-state index in [9.17, 15) is 17.6 Å². The molecule has 0 bridgehead atoms. The summed E-state index contributed by atoms with van der Waals surface area (Å²) in [5, 5.41) is 0.680. The van der Waals surface area contributed by atoms with Gasteiger partial charge in [0.1, 0.15) is 5.82 Å². The molecule has 0 saturated carbocycles. The molecule has 1 aromatic heterocycles. The third-order valence-corrected chi connectivity index (χ3v) is 3.11. The average molecular weight is 279 g/mol. The van der Waals surface area contributed by atoms with E-state index in [2.05, 4.69) is 4.98 Å². The summed E-state index contributed by atoms with van der Waals surface area (Å²) in [6, 6.07) is 10.9. The van der Waals surface area contributed by atoms with Crippen LogP contribution in [0.25, 0.3) is 22.2 Å². The van der Waals surface area contributed by atoms with Crippen molar-refractivity contribution < 1.29 is 17.6 Å². The van der Waals surface area contributed by atoms with Gasteiger partial charge in [0.05, 0.1) is 5.56 Å². The van der Waals surface area contributed by atoms with Crippen molar-refractivity contribution in [2.24, 2.45) is 0 Å². The first-order valence-corrected chi connectivity index (χ1v) is 5.89. The molecule has 5 heteroatoms. The molecular formula is C15H9F4N. The second kappa shape index (κ2) is 4.37. The molecule has 0 saturated heterocycles. The van der Waals surface area contributed by atoms with Gasteiger partial charge in [-0.25, -0.2) is 4.39 Å². The van der Waals surface area contributed by atoms with Crippen molar-refractivity contribution in [1.82, 2.24) is 4.98 Å². The van der Waals surface area contributed by atoms with E-state index in [4.69, 9.17) is 0 Å². The molecule has 20 heavy (non-hydrogen) atoms. The average Bonchev–Trinajstić information content (AvgIpc) is 2.80. The summed E-state index contributed by atoms with van der Waals surface area (Å²) in [6.45, 7) is 0. The minimum atomic E-state index is -4.35. The number of alkyl halides is 3. The fourth-order valence-electron chi connectivity index (χ4n) is 2.10. The molecule has 1 nitrogen and oxygen atoms in total. The van der Waals surface area contributed by atoms with Crippen LogP contribution in [-0.4, -0.2) is 4.98 Å². The number of rotatable bonds is 1. The molecule has 0 fully saturated rings. The zero-order chi connectivity index (χ0) is 14.3. The van der Waals surface area contributed by atoms with Crippen molar-refractivity contribution in [3.63, 3.8) is 0 Å². The van der Waals surface area contributed by atoms with Crippen molar-refractivity contribution in [1.29, 1.82) is 0 Å². The van der Waals surface area contributed by atoms with Gasteiger partial charge >= 0.3 is 6.18 Å². The van der Waals surface area contributed by atoms with Crippen molar-refractivity contribution >= 4 is 10.9 Å². The van der Waals surface area contributed by atoms with Gasteiger partial charge in [-0.2, -0.15) is 13.2 Å². The highest BCUT2D eigenvalue weighted by atomic mass is 19.4. The van der Waals surface area contributed by atoms with Gasteiger partial charge in [0, 0.05) is 16.6 Å². The maximum Gasteiger partial charge on any atom is 0.416 e. The van der Waals surface area contributed by atoms with Gasteiger partial charge in [-0.05, 0) is 42.0 Å². The van der Waals surface area contributed by atoms with E-state index < -0.39 is 11.7 Å². The molecule has 0 atom stereocenters. The highest BCUT2D eigenvalue weighted by Crippen LogP contribution is 2.31. The summed E-state index contributed by atoms with van der Waals surface area (Å²) < 4.78 is 50.5. The lowest BCUT2D eigenvalue weighted by molar-refractivity contribution is -0.137. The van der Waals surface area contributed by atoms with Crippen molar-refractivity contribution in [2.75, 3.05) is 0 Å². The lowest BCUT2D eigenvalue weighted by Gasteiger charge is -2.06. The highest BCUT2D eigenvalue weighted by Gasteiger charge is 2.29. The van der Waals surface area contributed by atoms with Crippen LogP contribution >= 0.6 is 0 Å². The first kappa shape index (κ1) is 12.7. The van der Waals surface area contributed by atoms with E-state index in [0.717, 1.165) is 17.6 Å². The van der Waals surface area contributed by atoms with E-state index in [0.29, 0.717) is 16.6 Å². The van der Waals surface area contributed by atoms with Gasteiger partial charge in [0.2, 0.25) is 0 Å². The molecular weight excluding hydrogens is 270 g/mol. The number of aromatic nitrogens is 1. The molecule has 102 valence electrons. The Bertz CT molecular complexity index is 754. The Hall–Kier alpha value is -2.30. The minimum absolute atomic E-state index is 0.351. The number of benzene rings is 2. The Morgan fingerprint density at radius 3 is 2.20 bits per heavy atom. The molecule has 0 aliphatic heterocycles. The lowest BCUT2D eigenvalue weighted by Crippen LogP contribution is -2.03. The molecule has 0 unspecified atom stereocenters. The van der Waals surface area contributed by atoms with Crippen LogP contribution in [0.15, 0.2) is 48.5 Å². The normalized spacial score (nSPS) is 12.0. The Labute approximate surface area is 111 Å². The van der Waals surface area contributed by atoms with Gasteiger partial charge in [-0.1, -0.05) is 12.1 Å². The summed E-state index contributed by atoms with van der Waals surface area (Å²) in [5.41, 5.74) is 1.32. The Morgan fingerprint density at radius 2 is 1.55 bits per heavy atom. The molecule has 3 aromatic rings. The first-order chi connectivity index (χ1) is 9.43. The molecule has 0 aliphatic rings. The quantitative estimate of drug-likeness (QED) is 0.604. The van der Waals surface area contributed by atoms with E-state index in [1.165, 1.54) is 24.3 Å². The van der Waals surface area contributed by atoms with Gasteiger partial charge in [0.15, 0.2) is 0 Å². The maximum atomic E-state index is 13.1. The highest BCUT2D eigenvalue weighted by molar-refractivity contribution is 5.85. The molecule has 1 heterocycles. The van der Waals surface area contributed by atoms with Crippen LogP contribution in [0.1, 0.15) is 5.56 Å². The Kier molecular flexibility index (Phi) is 2.78. The largest absolute Gasteiger partial charge is 0.416 e. The molecule has 0 aliphatic carbocycles. The number of H-pyrrole nitrogens is 1. The molecule has 3 rings (SSSR count). The van der Waals surface area contributed by atoms with Crippen LogP contribution in [-0.2, 0) is 6.18 Å². The van der Waals surface area contributed by atoms with Crippen molar-refractivity contribution in [3.8, 4) is 11.3 Å². The summed E-state index contributed by atoms with van der Waals surface area (Å²) in [4.78, 5) is 3.05. The third kappa shape index (κ3) is 2.27.